The Bertz CT molecular complexity index is 1150. The maximum atomic E-state index is 12.5. The number of hydrogen-bond donors (Lipinski definition) is 2. The number of methoxy groups -OCH3 is 2. The van der Waals surface area contributed by atoms with E-state index in [1.165, 1.54) is 21.1 Å². The van der Waals surface area contributed by atoms with Gasteiger partial charge >= 0.3 is 12.1 Å². The summed E-state index contributed by atoms with van der Waals surface area (Å²) >= 11 is 0. The number of rotatable bonds is 8. The Hall–Kier alpha value is -3.49. The van der Waals surface area contributed by atoms with Crippen molar-refractivity contribution in [1.29, 1.82) is 0 Å². The van der Waals surface area contributed by atoms with Gasteiger partial charge in [0.2, 0.25) is 0 Å². The molecule has 0 radical (unpaired) electrons. The van der Waals surface area contributed by atoms with Gasteiger partial charge in [0.25, 0.3) is 5.91 Å². The van der Waals surface area contributed by atoms with Gasteiger partial charge in [-0.2, -0.15) is 13.2 Å². The first-order valence-electron chi connectivity index (χ1n) is 10.3. The van der Waals surface area contributed by atoms with Crippen LogP contribution in [0.15, 0.2) is 42.6 Å². The summed E-state index contributed by atoms with van der Waals surface area (Å²) in [5.74, 6) is -1.09. The van der Waals surface area contributed by atoms with Crippen LogP contribution in [-0.4, -0.2) is 43.8 Å². The first-order valence-corrected chi connectivity index (χ1v) is 10.3. The van der Waals surface area contributed by atoms with Crippen LogP contribution in [0, 0.1) is 5.92 Å². The van der Waals surface area contributed by atoms with Crippen molar-refractivity contribution < 1.29 is 32.2 Å². The molecule has 2 aromatic carbocycles. The molecule has 3 aromatic rings. The first-order chi connectivity index (χ1) is 15.6. The van der Waals surface area contributed by atoms with Crippen LogP contribution in [0.5, 0.6) is 5.75 Å². The molecule has 0 fully saturated rings. The molecule has 0 aliphatic carbocycles. The van der Waals surface area contributed by atoms with Crippen molar-refractivity contribution in [3.63, 3.8) is 0 Å². The number of nitrogens with one attached hydrogen (secondary N) is 2. The monoisotopic (exact) mass is 462 g/mol. The third-order valence-corrected chi connectivity index (χ3v) is 5.31. The highest BCUT2D eigenvalue weighted by atomic mass is 19.4. The van der Waals surface area contributed by atoms with E-state index >= 15 is 0 Å². The molecule has 1 aromatic heterocycles. The standard InChI is InChI=1S/C24H25F3N2O4/c1-14(11-24(25,26)27)12-29-22(30)16-6-7-20-19(9-16)18(13-28-20)8-15-4-5-17(23(31)33-3)10-21(15)32-2/h4-7,9-10,13-14,28H,8,11-12H2,1-3H3,(H,29,30). The summed E-state index contributed by atoms with van der Waals surface area (Å²) in [5.41, 5.74) is 3.28. The van der Waals surface area contributed by atoms with Crippen LogP contribution in [0.2, 0.25) is 0 Å². The predicted octanol–water partition coefficient (Wildman–Crippen LogP) is 4.87. The highest BCUT2D eigenvalue weighted by Crippen LogP contribution is 2.28. The highest BCUT2D eigenvalue weighted by molar-refractivity contribution is 5.99. The van der Waals surface area contributed by atoms with Crippen LogP contribution in [0.3, 0.4) is 0 Å². The molecule has 6 nitrogen and oxygen atoms in total. The molecule has 9 heteroatoms. The number of halogens is 3. The van der Waals surface area contributed by atoms with Crippen molar-refractivity contribution in [2.24, 2.45) is 5.92 Å². The Morgan fingerprint density at radius 3 is 2.45 bits per heavy atom. The predicted molar refractivity (Wildman–Crippen MR) is 118 cm³/mol. The molecule has 3 rings (SSSR count). The van der Waals surface area contributed by atoms with Crippen LogP contribution >= 0.6 is 0 Å². The van der Waals surface area contributed by atoms with E-state index in [1.807, 2.05) is 6.20 Å². The van der Waals surface area contributed by atoms with Gasteiger partial charge in [0.15, 0.2) is 0 Å². The van der Waals surface area contributed by atoms with Gasteiger partial charge in [-0.1, -0.05) is 13.0 Å². The van der Waals surface area contributed by atoms with Crippen molar-refractivity contribution in [2.45, 2.75) is 25.9 Å². The van der Waals surface area contributed by atoms with Crippen LogP contribution in [0.25, 0.3) is 10.9 Å². The number of ether oxygens (including phenoxy) is 2. The summed E-state index contributed by atoms with van der Waals surface area (Å²) < 4.78 is 47.7. The third-order valence-electron chi connectivity index (χ3n) is 5.31. The fourth-order valence-corrected chi connectivity index (χ4v) is 3.64. The average Bonchev–Trinajstić information content (AvgIpc) is 3.18. The Morgan fingerprint density at radius 1 is 1.06 bits per heavy atom. The lowest BCUT2D eigenvalue weighted by Gasteiger charge is -2.14. The van der Waals surface area contributed by atoms with Crippen LogP contribution in [-0.2, 0) is 11.2 Å². The van der Waals surface area contributed by atoms with Crippen molar-refractivity contribution in [1.82, 2.24) is 10.3 Å². The fraction of sp³-hybridized carbons (Fsp3) is 0.333. The molecule has 0 saturated heterocycles. The minimum atomic E-state index is -4.26. The van der Waals surface area contributed by atoms with Crippen molar-refractivity contribution in [2.75, 3.05) is 20.8 Å². The second kappa shape index (κ2) is 9.97. The summed E-state index contributed by atoms with van der Waals surface area (Å²) in [6.07, 6.45) is -2.92. The summed E-state index contributed by atoms with van der Waals surface area (Å²) in [7, 11) is 2.82. The van der Waals surface area contributed by atoms with E-state index in [9.17, 15) is 22.8 Å². The van der Waals surface area contributed by atoms with Gasteiger partial charge in [0.05, 0.1) is 19.8 Å². The Balaban J connectivity index is 1.79. The lowest BCUT2D eigenvalue weighted by molar-refractivity contribution is -0.142. The minimum absolute atomic E-state index is 0.0693. The summed E-state index contributed by atoms with van der Waals surface area (Å²) in [4.78, 5) is 27.4. The molecule has 0 spiro atoms. The molecule has 1 unspecified atom stereocenters. The number of fused-ring (bicyclic) bond motifs is 1. The lowest BCUT2D eigenvalue weighted by Crippen LogP contribution is -2.30. The number of benzene rings is 2. The number of aromatic amines is 1. The van der Waals surface area contributed by atoms with E-state index in [0.29, 0.717) is 23.3 Å². The zero-order chi connectivity index (χ0) is 24.2. The normalized spacial score (nSPS) is 12.4. The van der Waals surface area contributed by atoms with Gasteiger partial charge in [-0.05, 0) is 47.4 Å². The van der Waals surface area contributed by atoms with Gasteiger partial charge in [0.1, 0.15) is 5.75 Å². The van der Waals surface area contributed by atoms with Gasteiger partial charge in [0, 0.05) is 42.0 Å². The molecule has 1 heterocycles. The molecule has 1 amide bonds. The number of aromatic nitrogens is 1. The molecule has 1 atom stereocenters. The van der Waals surface area contributed by atoms with Crippen molar-refractivity contribution in [3.8, 4) is 5.75 Å². The summed E-state index contributed by atoms with van der Waals surface area (Å²) in [6.45, 7) is 1.38. The Kier molecular flexibility index (Phi) is 7.30. The topological polar surface area (TPSA) is 80.4 Å². The largest absolute Gasteiger partial charge is 0.496 e. The summed E-state index contributed by atoms with van der Waals surface area (Å²) in [6, 6.07) is 10.1. The second-order valence-electron chi connectivity index (χ2n) is 7.90. The molecular formula is C24H25F3N2O4. The second-order valence-corrected chi connectivity index (χ2v) is 7.90. The zero-order valence-corrected chi connectivity index (χ0v) is 18.5. The number of esters is 1. The molecule has 0 bridgehead atoms. The van der Waals surface area contributed by atoms with E-state index in [2.05, 4.69) is 10.3 Å². The molecule has 176 valence electrons. The summed E-state index contributed by atoms with van der Waals surface area (Å²) in [5, 5.41) is 3.39. The van der Waals surface area contributed by atoms with Gasteiger partial charge < -0.3 is 19.8 Å². The van der Waals surface area contributed by atoms with Crippen LogP contribution < -0.4 is 10.1 Å². The quantitative estimate of drug-likeness (QED) is 0.468. The highest BCUT2D eigenvalue weighted by Gasteiger charge is 2.30. The van der Waals surface area contributed by atoms with E-state index in [4.69, 9.17) is 9.47 Å². The number of H-pyrrole nitrogens is 1. The Labute approximate surface area is 189 Å². The van der Waals surface area contributed by atoms with E-state index in [0.717, 1.165) is 22.0 Å². The lowest BCUT2D eigenvalue weighted by atomic mass is 10.0. The zero-order valence-electron chi connectivity index (χ0n) is 18.5. The number of carbonyl (C=O) groups excluding carboxylic acids is 2. The van der Waals surface area contributed by atoms with Gasteiger partial charge in [-0.15, -0.1) is 0 Å². The van der Waals surface area contributed by atoms with Gasteiger partial charge in [-0.3, -0.25) is 4.79 Å². The third kappa shape index (κ3) is 6.06. The number of amides is 1. The van der Waals surface area contributed by atoms with Crippen molar-refractivity contribution >= 4 is 22.8 Å². The molecule has 0 saturated carbocycles. The first kappa shape index (κ1) is 24.2. The molecule has 0 aliphatic heterocycles. The van der Waals surface area contributed by atoms with E-state index in [1.54, 1.807) is 36.4 Å². The smallest absolute Gasteiger partial charge is 0.389 e. The average molecular weight is 462 g/mol. The molecule has 2 N–H and O–H groups in total. The molecule has 33 heavy (non-hydrogen) atoms. The van der Waals surface area contributed by atoms with Crippen LogP contribution in [0.4, 0.5) is 13.2 Å². The molecule has 0 aliphatic rings. The molecular weight excluding hydrogens is 437 g/mol. The fourth-order valence-electron chi connectivity index (χ4n) is 3.64. The maximum Gasteiger partial charge on any atom is 0.389 e. The number of hydrogen-bond acceptors (Lipinski definition) is 4. The SMILES string of the molecule is COC(=O)c1ccc(Cc2c[nH]c3ccc(C(=O)NCC(C)CC(F)(F)F)cc23)c(OC)c1. The number of carbonyl (C=O) groups is 2. The van der Waals surface area contributed by atoms with E-state index in [-0.39, 0.29) is 6.54 Å². The van der Waals surface area contributed by atoms with E-state index < -0.39 is 30.4 Å². The minimum Gasteiger partial charge on any atom is -0.496 e. The number of alkyl halides is 3. The van der Waals surface area contributed by atoms with Crippen molar-refractivity contribution in [3.05, 3.63) is 64.8 Å². The maximum absolute atomic E-state index is 12.5. The Morgan fingerprint density at radius 2 is 1.79 bits per heavy atom. The van der Waals surface area contributed by atoms with Gasteiger partial charge in [-0.25, -0.2) is 4.79 Å². The van der Waals surface area contributed by atoms with Crippen LogP contribution in [0.1, 0.15) is 45.2 Å².